The molecule has 3 heteroatoms. The van der Waals surface area contributed by atoms with E-state index in [9.17, 15) is 5.11 Å². The Morgan fingerprint density at radius 3 is 2.45 bits per heavy atom. The van der Waals surface area contributed by atoms with Crippen LogP contribution >= 0.6 is 22.6 Å². The van der Waals surface area contributed by atoms with Gasteiger partial charge in [-0.15, -0.1) is 0 Å². The lowest BCUT2D eigenvalue weighted by Gasteiger charge is -2.12. The van der Waals surface area contributed by atoms with E-state index in [1.54, 1.807) is 6.07 Å². The van der Waals surface area contributed by atoms with Crippen LogP contribution in [0.3, 0.4) is 0 Å². The van der Waals surface area contributed by atoms with Gasteiger partial charge in [-0.1, -0.05) is 0 Å². The van der Waals surface area contributed by atoms with Crippen LogP contribution < -0.4 is 4.90 Å². The number of phenolic OH excluding ortho intramolecular Hbond substituents is 1. The van der Waals surface area contributed by atoms with Crippen molar-refractivity contribution in [3.8, 4) is 5.75 Å². The minimum atomic E-state index is 0.344. The molecule has 0 heterocycles. The summed E-state index contributed by atoms with van der Waals surface area (Å²) >= 11 is 2.10. The van der Waals surface area contributed by atoms with E-state index in [1.807, 2.05) is 31.1 Å². The van der Waals surface area contributed by atoms with Crippen molar-refractivity contribution in [2.45, 2.75) is 0 Å². The second-order valence-electron chi connectivity index (χ2n) is 2.53. The zero-order valence-electron chi connectivity index (χ0n) is 6.50. The molecule has 0 unspecified atom stereocenters. The molecular formula is C8H10INO. The molecule has 1 rings (SSSR count). The third-order valence-electron chi connectivity index (χ3n) is 1.45. The SMILES string of the molecule is CN(C)c1ccc(I)c(O)c1. The lowest BCUT2D eigenvalue weighted by molar-refractivity contribution is 0.471. The first kappa shape index (κ1) is 8.64. The van der Waals surface area contributed by atoms with Crippen LogP contribution in [0.5, 0.6) is 5.75 Å². The van der Waals surface area contributed by atoms with Gasteiger partial charge in [0.15, 0.2) is 0 Å². The number of hydrogen-bond acceptors (Lipinski definition) is 2. The van der Waals surface area contributed by atoms with Crippen molar-refractivity contribution in [2.75, 3.05) is 19.0 Å². The van der Waals surface area contributed by atoms with Gasteiger partial charge in [-0.05, 0) is 34.7 Å². The summed E-state index contributed by atoms with van der Waals surface area (Å²) < 4.78 is 0.883. The van der Waals surface area contributed by atoms with Crippen LogP contribution in [-0.4, -0.2) is 19.2 Å². The number of rotatable bonds is 1. The van der Waals surface area contributed by atoms with Crippen LogP contribution in [-0.2, 0) is 0 Å². The zero-order chi connectivity index (χ0) is 8.43. The first-order chi connectivity index (χ1) is 5.11. The van der Waals surface area contributed by atoms with Gasteiger partial charge >= 0.3 is 0 Å². The molecule has 0 spiro atoms. The van der Waals surface area contributed by atoms with Gasteiger partial charge in [0.1, 0.15) is 5.75 Å². The molecule has 0 bridgehead atoms. The molecule has 2 nitrogen and oxygen atoms in total. The van der Waals surface area contributed by atoms with Crippen molar-refractivity contribution in [2.24, 2.45) is 0 Å². The average molecular weight is 263 g/mol. The van der Waals surface area contributed by atoms with Crippen LogP contribution in [0.4, 0.5) is 5.69 Å². The van der Waals surface area contributed by atoms with Crippen LogP contribution in [0.15, 0.2) is 18.2 Å². The Morgan fingerprint density at radius 1 is 1.36 bits per heavy atom. The lowest BCUT2D eigenvalue weighted by Crippen LogP contribution is -2.08. The summed E-state index contributed by atoms with van der Waals surface area (Å²) in [6.45, 7) is 0. The zero-order valence-corrected chi connectivity index (χ0v) is 8.66. The molecule has 0 saturated carbocycles. The average Bonchev–Trinajstić information content (AvgIpc) is 1.94. The summed E-state index contributed by atoms with van der Waals surface area (Å²) in [5.74, 6) is 0.344. The van der Waals surface area contributed by atoms with E-state index in [-0.39, 0.29) is 0 Å². The van der Waals surface area contributed by atoms with Gasteiger partial charge in [-0.25, -0.2) is 0 Å². The molecule has 0 amide bonds. The summed E-state index contributed by atoms with van der Waals surface area (Å²) in [5, 5.41) is 9.31. The first-order valence-electron chi connectivity index (χ1n) is 3.27. The highest BCUT2D eigenvalue weighted by molar-refractivity contribution is 14.1. The predicted molar refractivity (Wildman–Crippen MR) is 55.2 cm³/mol. The van der Waals surface area contributed by atoms with Crippen LogP contribution in [0.25, 0.3) is 0 Å². The molecule has 1 aromatic rings. The summed E-state index contributed by atoms with van der Waals surface area (Å²) in [6, 6.07) is 5.62. The highest BCUT2D eigenvalue weighted by atomic mass is 127. The van der Waals surface area contributed by atoms with E-state index >= 15 is 0 Å². The molecular weight excluding hydrogens is 253 g/mol. The highest BCUT2D eigenvalue weighted by Crippen LogP contribution is 2.24. The second-order valence-corrected chi connectivity index (χ2v) is 3.69. The van der Waals surface area contributed by atoms with Crippen molar-refractivity contribution in [1.82, 2.24) is 0 Å². The van der Waals surface area contributed by atoms with Crippen molar-refractivity contribution in [3.63, 3.8) is 0 Å². The molecule has 0 saturated heterocycles. The molecule has 0 aliphatic carbocycles. The Morgan fingerprint density at radius 2 is 2.00 bits per heavy atom. The molecule has 0 aliphatic rings. The van der Waals surface area contributed by atoms with Gasteiger partial charge in [0.2, 0.25) is 0 Å². The van der Waals surface area contributed by atoms with E-state index in [4.69, 9.17) is 0 Å². The lowest BCUT2D eigenvalue weighted by atomic mass is 10.3. The fraction of sp³-hybridized carbons (Fsp3) is 0.250. The second kappa shape index (κ2) is 3.30. The Hall–Kier alpha value is -0.450. The molecule has 0 atom stereocenters. The molecule has 0 fully saturated rings. The van der Waals surface area contributed by atoms with E-state index in [2.05, 4.69) is 22.6 Å². The summed E-state index contributed by atoms with van der Waals surface area (Å²) in [4.78, 5) is 1.95. The normalized spacial score (nSPS) is 9.73. The third kappa shape index (κ3) is 1.99. The number of hydrogen-bond donors (Lipinski definition) is 1. The first-order valence-corrected chi connectivity index (χ1v) is 4.35. The van der Waals surface area contributed by atoms with Gasteiger partial charge in [-0.3, -0.25) is 0 Å². The van der Waals surface area contributed by atoms with Gasteiger partial charge in [-0.2, -0.15) is 0 Å². The minimum absolute atomic E-state index is 0.344. The Labute approximate surface area is 80.0 Å². The quantitative estimate of drug-likeness (QED) is 0.784. The topological polar surface area (TPSA) is 23.5 Å². The maximum atomic E-state index is 9.31. The number of benzene rings is 1. The minimum Gasteiger partial charge on any atom is -0.507 e. The van der Waals surface area contributed by atoms with Crippen molar-refractivity contribution in [3.05, 3.63) is 21.8 Å². The van der Waals surface area contributed by atoms with Crippen LogP contribution in [0.2, 0.25) is 0 Å². The fourth-order valence-corrected chi connectivity index (χ4v) is 1.11. The number of phenols is 1. The largest absolute Gasteiger partial charge is 0.507 e. The Bertz CT molecular complexity index is 260. The maximum Gasteiger partial charge on any atom is 0.130 e. The van der Waals surface area contributed by atoms with Crippen molar-refractivity contribution in [1.29, 1.82) is 0 Å². The predicted octanol–water partition coefficient (Wildman–Crippen LogP) is 2.06. The number of aromatic hydroxyl groups is 1. The molecule has 0 aromatic heterocycles. The number of nitrogens with zero attached hydrogens (tertiary/aromatic N) is 1. The van der Waals surface area contributed by atoms with Gasteiger partial charge in [0.25, 0.3) is 0 Å². The molecule has 0 aliphatic heterocycles. The van der Waals surface area contributed by atoms with Gasteiger partial charge in [0, 0.05) is 25.8 Å². The van der Waals surface area contributed by atoms with E-state index in [0.29, 0.717) is 5.75 Å². The summed E-state index contributed by atoms with van der Waals surface area (Å²) in [7, 11) is 3.89. The molecule has 0 radical (unpaired) electrons. The van der Waals surface area contributed by atoms with Crippen LogP contribution in [0, 0.1) is 3.57 Å². The third-order valence-corrected chi connectivity index (χ3v) is 2.36. The molecule has 1 N–H and O–H groups in total. The number of halogens is 1. The fourth-order valence-electron chi connectivity index (χ4n) is 0.779. The van der Waals surface area contributed by atoms with E-state index in [1.165, 1.54) is 0 Å². The highest BCUT2D eigenvalue weighted by Gasteiger charge is 1.99. The molecule has 1 aromatic carbocycles. The summed E-state index contributed by atoms with van der Waals surface area (Å²) in [5.41, 5.74) is 1.02. The molecule has 60 valence electrons. The number of anilines is 1. The van der Waals surface area contributed by atoms with E-state index < -0.39 is 0 Å². The van der Waals surface area contributed by atoms with Crippen molar-refractivity contribution >= 4 is 28.3 Å². The molecule has 11 heavy (non-hydrogen) atoms. The summed E-state index contributed by atoms with van der Waals surface area (Å²) in [6.07, 6.45) is 0. The Balaban J connectivity index is 3.05. The standard InChI is InChI=1S/C8H10INO/c1-10(2)6-3-4-7(9)8(11)5-6/h3-5,11H,1-2H3. The monoisotopic (exact) mass is 263 g/mol. The maximum absolute atomic E-state index is 9.31. The Kier molecular flexibility index (Phi) is 2.59. The van der Waals surface area contributed by atoms with Crippen LogP contribution in [0.1, 0.15) is 0 Å². The van der Waals surface area contributed by atoms with Gasteiger partial charge in [0.05, 0.1) is 3.57 Å². The van der Waals surface area contributed by atoms with Crippen molar-refractivity contribution < 1.29 is 5.11 Å². The smallest absolute Gasteiger partial charge is 0.130 e. The van der Waals surface area contributed by atoms with Gasteiger partial charge < -0.3 is 10.0 Å². The van der Waals surface area contributed by atoms with E-state index in [0.717, 1.165) is 9.26 Å².